The van der Waals surface area contributed by atoms with Gasteiger partial charge in [0.2, 0.25) is 11.8 Å². The molecule has 2 aromatic carbocycles. The van der Waals surface area contributed by atoms with Crippen LogP contribution in [0, 0.1) is 5.92 Å². The molecule has 0 bridgehead atoms. The first kappa shape index (κ1) is 17.1. The average molecular weight is 353 g/mol. The van der Waals surface area contributed by atoms with Gasteiger partial charge in [0.1, 0.15) is 0 Å². The lowest BCUT2D eigenvalue weighted by molar-refractivity contribution is -0.120. The molecule has 128 valence electrons. The van der Waals surface area contributed by atoms with Gasteiger partial charge >= 0.3 is 0 Å². The molecule has 6 heteroatoms. The summed E-state index contributed by atoms with van der Waals surface area (Å²) >= 11 is 5.15. The number of carbonyl (C=O) groups excluding carboxylic acids is 2. The molecule has 3 rings (SSSR count). The van der Waals surface area contributed by atoms with Gasteiger partial charge in [-0.3, -0.25) is 9.59 Å². The second-order valence-corrected chi connectivity index (χ2v) is 6.42. The summed E-state index contributed by atoms with van der Waals surface area (Å²) in [5.41, 5.74) is 2.33. The number of nitrogens with one attached hydrogen (secondary N) is 3. The van der Waals surface area contributed by atoms with Gasteiger partial charge in [-0.2, -0.15) is 0 Å². The minimum absolute atomic E-state index is 0.0372. The molecule has 0 heterocycles. The lowest BCUT2D eigenvalue weighted by atomic mass is 10.1. The van der Waals surface area contributed by atoms with Crippen molar-refractivity contribution < 1.29 is 9.59 Å². The Balaban J connectivity index is 1.54. The highest BCUT2D eigenvalue weighted by Crippen LogP contribution is 2.28. The van der Waals surface area contributed by atoms with E-state index in [1.54, 1.807) is 12.1 Å². The van der Waals surface area contributed by atoms with Gasteiger partial charge in [-0.05, 0) is 48.8 Å². The molecule has 0 radical (unpaired) electrons. The van der Waals surface area contributed by atoms with Crippen LogP contribution < -0.4 is 16.0 Å². The van der Waals surface area contributed by atoms with Crippen molar-refractivity contribution in [2.45, 2.75) is 19.3 Å². The van der Waals surface area contributed by atoms with Crippen molar-refractivity contribution in [3.05, 3.63) is 60.2 Å². The van der Waals surface area contributed by atoms with Crippen LogP contribution in [0.5, 0.6) is 0 Å². The Kier molecular flexibility index (Phi) is 5.40. The van der Waals surface area contributed by atoms with Crippen LogP contribution in [-0.2, 0) is 16.0 Å². The number of amides is 2. The number of hydrogen-bond acceptors (Lipinski definition) is 3. The highest BCUT2D eigenvalue weighted by molar-refractivity contribution is 7.80. The van der Waals surface area contributed by atoms with Gasteiger partial charge in [0, 0.05) is 17.3 Å². The predicted molar refractivity (Wildman–Crippen MR) is 102 cm³/mol. The minimum Gasteiger partial charge on any atom is -0.332 e. The molecular formula is C19H19N3O2S. The Morgan fingerprint density at radius 1 is 0.960 bits per heavy atom. The van der Waals surface area contributed by atoms with Crippen LogP contribution in [0.2, 0.25) is 0 Å². The quantitative estimate of drug-likeness (QED) is 0.723. The Morgan fingerprint density at radius 2 is 1.64 bits per heavy atom. The zero-order chi connectivity index (χ0) is 17.6. The molecule has 25 heavy (non-hydrogen) atoms. The summed E-state index contributed by atoms with van der Waals surface area (Å²) in [5, 5.41) is 8.78. The summed E-state index contributed by atoms with van der Waals surface area (Å²) in [5.74, 6) is -0.0267. The van der Waals surface area contributed by atoms with E-state index < -0.39 is 0 Å². The van der Waals surface area contributed by atoms with Crippen molar-refractivity contribution in [3.63, 3.8) is 0 Å². The SMILES string of the molecule is O=C(Cc1ccccc1)Nc1cccc(NC(=S)NC(=O)C2CC2)c1. The molecule has 0 atom stereocenters. The van der Waals surface area contributed by atoms with Gasteiger partial charge in [-0.25, -0.2) is 0 Å². The molecule has 5 nitrogen and oxygen atoms in total. The third kappa shape index (κ3) is 5.39. The van der Waals surface area contributed by atoms with Gasteiger partial charge in [0.25, 0.3) is 0 Å². The number of hydrogen-bond donors (Lipinski definition) is 3. The van der Waals surface area contributed by atoms with Gasteiger partial charge in [0.05, 0.1) is 6.42 Å². The molecule has 2 aromatic rings. The molecule has 1 aliphatic carbocycles. The molecule has 0 unspecified atom stereocenters. The van der Waals surface area contributed by atoms with E-state index in [0.29, 0.717) is 17.8 Å². The molecule has 1 saturated carbocycles. The van der Waals surface area contributed by atoms with E-state index in [1.165, 1.54) is 0 Å². The van der Waals surface area contributed by atoms with E-state index in [-0.39, 0.29) is 22.8 Å². The van der Waals surface area contributed by atoms with E-state index >= 15 is 0 Å². The van der Waals surface area contributed by atoms with Gasteiger partial charge in [0.15, 0.2) is 5.11 Å². The standard InChI is InChI=1S/C19H19N3O2S/c23-17(11-13-5-2-1-3-6-13)20-15-7-4-8-16(12-15)21-19(25)22-18(24)14-9-10-14/h1-8,12,14H,9-11H2,(H,20,23)(H2,21,22,24,25). The Bertz CT molecular complexity index is 788. The molecule has 2 amide bonds. The summed E-state index contributed by atoms with van der Waals surface area (Å²) < 4.78 is 0. The van der Waals surface area contributed by atoms with Crippen molar-refractivity contribution in [1.82, 2.24) is 5.32 Å². The van der Waals surface area contributed by atoms with Crippen molar-refractivity contribution >= 4 is 40.5 Å². The second-order valence-electron chi connectivity index (χ2n) is 6.01. The summed E-state index contributed by atoms with van der Waals surface area (Å²) in [6, 6.07) is 16.8. The van der Waals surface area contributed by atoms with E-state index in [4.69, 9.17) is 12.2 Å². The number of anilines is 2. The van der Waals surface area contributed by atoms with Crippen LogP contribution in [0.4, 0.5) is 11.4 Å². The summed E-state index contributed by atoms with van der Waals surface area (Å²) in [7, 11) is 0. The lowest BCUT2D eigenvalue weighted by Gasteiger charge is -2.11. The summed E-state index contributed by atoms with van der Waals surface area (Å²) in [6.07, 6.45) is 2.17. The molecule has 3 N–H and O–H groups in total. The minimum atomic E-state index is -0.0898. The third-order valence-electron chi connectivity index (χ3n) is 3.80. The smallest absolute Gasteiger partial charge is 0.229 e. The largest absolute Gasteiger partial charge is 0.332 e. The monoisotopic (exact) mass is 353 g/mol. The second kappa shape index (κ2) is 7.90. The number of benzene rings is 2. The fourth-order valence-corrected chi connectivity index (χ4v) is 2.60. The summed E-state index contributed by atoms with van der Waals surface area (Å²) in [4.78, 5) is 23.8. The molecule has 0 aliphatic heterocycles. The van der Waals surface area contributed by atoms with Crippen LogP contribution in [0.25, 0.3) is 0 Å². The number of thiocarbonyl (C=S) groups is 1. The maximum atomic E-state index is 12.1. The first-order valence-corrected chi connectivity index (χ1v) is 8.56. The van der Waals surface area contributed by atoms with Crippen LogP contribution in [0.3, 0.4) is 0 Å². The predicted octanol–water partition coefficient (Wildman–Crippen LogP) is 3.09. The third-order valence-corrected chi connectivity index (χ3v) is 4.00. The fraction of sp³-hybridized carbons (Fsp3) is 0.211. The zero-order valence-corrected chi connectivity index (χ0v) is 14.4. The maximum absolute atomic E-state index is 12.1. The topological polar surface area (TPSA) is 70.2 Å². The number of rotatable bonds is 5. The van der Waals surface area contributed by atoms with Gasteiger partial charge < -0.3 is 16.0 Å². The normalized spacial score (nSPS) is 13.0. The van der Waals surface area contributed by atoms with Crippen molar-refractivity contribution in [3.8, 4) is 0 Å². The maximum Gasteiger partial charge on any atom is 0.229 e. The first-order valence-electron chi connectivity index (χ1n) is 8.16. The molecule has 1 aliphatic rings. The zero-order valence-electron chi connectivity index (χ0n) is 13.6. The lowest BCUT2D eigenvalue weighted by Crippen LogP contribution is -2.35. The molecule has 1 fully saturated rings. The van der Waals surface area contributed by atoms with Crippen LogP contribution in [0.1, 0.15) is 18.4 Å². The molecular weight excluding hydrogens is 334 g/mol. The number of carbonyl (C=O) groups is 2. The highest BCUT2D eigenvalue weighted by atomic mass is 32.1. The molecule has 0 aromatic heterocycles. The van der Waals surface area contributed by atoms with Gasteiger partial charge in [-0.15, -0.1) is 0 Å². The van der Waals surface area contributed by atoms with Crippen LogP contribution in [0.15, 0.2) is 54.6 Å². The van der Waals surface area contributed by atoms with E-state index in [1.807, 2.05) is 42.5 Å². The Morgan fingerprint density at radius 3 is 2.32 bits per heavy atom. The van der Waals surface area contributed by atoms with Crippen LogP contribution >= 0.6 is 12.2 Å². The molecule has 0 saturated heterocycles. The highest BCUT2D eigenvalue weighted by Gasteiger charge is 2.29. The fourth-order valence-electron chi connectivity index (χ4n) is 2.38. The first-order chi connectivity index (χ1) is 12.1. The van der Waals surface area contributed by atoms with E-state index in [2.05, 4.69) is 16.0 Å². The molecule has 0 spiro atoms. The van der Waals surface area contributed by atoms with Crippen molar-refractivity contribution in [1.29, 1.82) is 0 Å². The Labute approximate surface area is 151 Å². The van der Waals surface area contributed by atoms with Crippen molar-refractivity contribution in [2.75, 3.05) is 10.6 Å². The Hall–Kier alpha value is -2.73. The average Bonchev–Trinajstić information content (AvgIpc) is 3.40. The summed E-state index contributed by atoms with van der Waals surface area (Å²) in [6.45, 7) is 0. The van der Waals surface area contributed by atoms with E-state index in [9.17, 15) is 9.59 Å². The van der Waals surface area contributed by atoms with Crippen LogP contribution in [-0.4, -0.2) is 16.9 Å². The van der Waals surface area contributed by atoms with Gasteiger partial charge in [-0.1, -0.05) is 36.4 Å². The van der Waals surface area contributed by atoms with E-state index in [0.717, 1.165) is 18.4 Å². The van der Waals surface area contributed by atoms with Crippen molar-refractivity contribution in [2.24, 2.45) is 5.92 Å².